The summed E-state index contributed by atoms with van der Waals surface area (Å²) in [5.41, 5.74) is 0.924. The Morgan fingerprint density at radius 2 is 2.19 bits per heavy atom. The third-order valence-electron chi connectivity index (χ3n) is 5.00. The molecule has 0 saturated carbocycles. The van der Waals surface area contributed by atoms with E-state index in [1.165, 1.54) is 15.8 Å². The average molecular weight is 402 g/mol. The van der Waals surface area contributed by atoms with Gasteiger partial charge >= 0.3 is 0 Å². The van der Waals surface area contributed by atoms with Gasteiger partial charge in [0.25, 0.3) is 5.56 Å². The van der Waals surface area contributed by atoms with Gasteiger partial charge in [-0.05, 0) is 41.7 Å². The SMILES string of the molecule is CC(C)(C)[C@@H](NC(=O)Cn1cnc2sc3c(c2c1=O)CCC3)c1cccs1. The molecular weight excluding hydrogens is 378 g/mol. The molecule has 1 aliphatic rings. The highest BCUT2D eigenvalue weighted by atomic mass is 32.1. The second-order valence-corrected chi connectivity index (χ2v) is 10.2. The Balaban J connectivity index is 1.59. The molecule has 0 aromatic carbocycles. The van der Waals surface area contributed by atoms with E-state index in [9.17, 15) is 9.59 Å². The van der Waals surface area contributed by atoms with Gasteiger partial charge in [0.15, 0.2) is 0 Å². The minimum atomic E-state index is -0.168. The fraction of sp³-hybridized carbons (Fsp3) is 0.450. The van der Waals surface area contributed by atoms with E-state index < -0.39 is 0 Å². The van der Waals surface area contributed by atoms with Crippen LogP contribution in [0.5, 0.6) is 0 Å². The van der Waals surface area contributed by atoms with Gasteiger partial charge in [-0.2, -0.15) is 0 Å². The normalized spacial score (nSPS) is 15.1. The number of carbonyl (C=O) groups excluding carboxylic acids is 1. The molecule has 3 aromatic heterocycles. The molecule has 4 rings (SSSR count). The summed E-state index contributed by atoms with van der Waals surface area (Å²) >= 11 is 3.25. The Labute approximate surface area is 166 Å². The van der Waals surface area contributed by atoms with Crippen molar-refractivity contribution in [2.24, 2.45) is 5.41 Å². The summed E-state index contributed by atoms with van der Waals surface area (Å²) in [6.45, 7) is 6.30. The average Bonchev–Trinajstić information content (AvgIpc) is 3.30. The van der Waals surface area contributed by atoms with Gasteiger partial charge in [0.1, 0.15) is 11.4 Å². The van der Waals surface area contributed by atoms with Crippen molar-refractivity contribution in [1.29, 1.82) is 0 Å². The molecule has 0 bridgehead atoms. The van der Waals surface area contributed by atoms with Crippen LogP contribution in [0.15, 0.2) is 28.6 Å². The smallest absolute Gasteiger partial charge is 0.262 e. The van der Waals surface area contributed by atoms with Crippen LogP contribution in [0, 0.1) is 5.41 Å². The molecule has 3 aromatic rings. The third kappa shape index (κ3) is 3.46. The van der Waals surface area contributed by atoms with Crippen LogP contribution in [0.3, 0.4) is 0 Å². The molecule has 7 heteroatoms. The number of rotatable bonds is 4. The molecule has 5 nitrogen and oxygen atoms in total. The highest BCUT2D eigenvalue weighted by molar-refractivity contribution is 7.18. The maximum atomic E-state index is 12.9. The van der Waals surface area contributed by atoms with E-state index >= 15 is 0 Å². The number of carbonyl (C=O) groups is 1. The predicted molar refractivity (Wildman–Crippen MR) is 111 cm³/mol. The van der Waals surface area contributed by atoms with Gasteiger partial charge in [-0.3, -0.25) is 14.2 Å². The molecule has 1 aliphatic carbocycles. The zero-order chi connectivity index (χ0) is 19.2. The zero-order valence-electron chi connectivity index (χ0n) is 15.7. The molecule has 1 atom stereocenters. The van der Waals surface area contributed by atoms with E-state index in [0.29, 0.717) is 5.39 Å². The van der Waals surface area contributed by atoms with Crippen LogP contribution < -0.4 is 10.9 Å². The summed E-state index contributed by atoms with van der Waals surface area (Å²) in [7, 11) is 0. The molecule has 1 N–H and O–H groups in total. The van der Waals surface area contributed by atoms with E-state index in [1.807, 2.05) is 17.5 Å². The number of nitrogens with zero attached hydrogens (tertiary/aromatic N) is 2. The summed E-state index contributed by atoms with van der Waals surface area (Å²) in [5.74, 6) is -0.168. The van der Waals surface area contributed by atoms with Crippen molar-refractivity contribution < 1.29 is 4.79 Å². The highest BCUT2D eigenvalue weighted by Gasteiger charge is 2.29. The zero-order valence-corrected chi connectivity index (χ0v) is 17.4. The standard InChI is InChI=1S/C20H23N3O2S2/c1-20(2,3)17(14-8-5-9-26-14)22-15(24)10-23-11-21-18-16(19(23)25)12-6-4-7-13(12)27-18/h5,8-9,11,17H,4,6-7,10H2,1-3H3,(H,22,24)/t17-/m0/s1. The predicted octanol–water partition coefficient (Wildman–Crippen LogP) is 3.91. The van der Waals surface area contributed by atoms with E-state index in [-0.39, 0.29) is 29.5 Å². The molecule has 0 spiro atoms. The number of hydrogen-bond acceptors (Lipinski definition) is 5. The number of aromatic nitrogens is 2. The number of fused-ring (bicyclic) bond motifs is 3. The topological polar surface area (TPSA) is 64.0 Å². The maximum absolute atomic E-state index is 12.9. The number of hydrogen-bond donors (Lipinski definition) is 1. The third-order valence-corrected chi connectivity index (χ3v) is 7.14. The van der Waals surface area contributed by atoms with Crippen LogP contribution in [0.2, 0.25) is 0 Å². The summed E-state index contributed by atoms with van der Waals surface area (Å²) in [6.07, 6.45) is 4.57. The van der Waals surface area contributed by atoms with Crippen LogP contribution in [0.1, 0.15) is 48.6 Å². The Hall–Kier alpha value is -1.99. The lowest BCUT2D eigenvalue weighted by molar-refractivity contribution is -0.123. The van der Waals surface area contributed by atoms with Gasteiger partial charge in [0.2, 0.25) is 5.91 Å². The molecule has 0 fully saturated rings. The first-order valence-electron chi connectivity index (χ1n) is 9.17. The lowest BCUT2D eigenvalue weighted by Gasteiger charge is -2.30. The van der Waals surface area contributed by atoms with Crippen LogP contribution >= 0.6 is 22.7 Å². The van der Waals surface area contributed by atoms with Crippen molar-refractivity contribution >= 4 is 38.8 Å². The summed E-state index contributed by atoms with van der Waals surface area (Å²) in [6, 6.07) is 3.93. The second-order valence-electron chi connectivity index (χ2n) is 8.10. The van der Waals surface area contributed by atoms with Crippen molar-refractivity contribution in [1.82, 2.24) is 14.9 Å². The monoisotopic (exact) mass is 401 g/mol. The van der Waals surface area contributed by atoms with Gasteiger partial charge < -0.3 is 5.32 Å². The van der Waals surface area contributed by atoms with Crippen molar-refractivity contribution in [3.63, 3.8) is 0 Å². The Morgan fingerprint density at radius 1 is 1.37 bits per heavy atom. The van der Waals surface area contributed by atoms with Crippen LogP contribution in [-0.2, 0) is 24.2 Å². The van der Waals surface area contributed by atoms with Crippen molar-refractivity contribution in [2.45, 2.75) is 52.6 Å². The van der Waals surface area contributed by atoms with Crippen LogP contribution in [-0.4, -0.2) is 15.5 Å². The van der Waals surface area contributed by atoms with Crippen LogP contribution in [0.4, 0.5) is 0 Å². The maximum Gasteiger partial charge on any atom is 0.262 e. The molecule has 0 aliphatic heterocycles. The highest BCUT2D eigenvalue weighted by Crippen LogP contribution is 2.35. The number of aryl methyl sites for hydroxylation is 2. The van der Waals surface area contributed by atoms with Crippen LogP contribution in [0.25, 0.3) is 10.2 Å². The first-order chi connectivity index (χ1) is 12.8. The molecular formula is C20H23N3O2S2. The van der Waals surface area contributed by atoms with E-state index in [0.717, 1.165) is 34.5 Å². The minimum Gasteiger partial charge on any atom is -0.346 e. The first-order valence-corrected chi connectivity index (χ1v) is 10.9. The van der Waals surface area contributed by atoms with Gasteiger partial charge in [-0.25, -0.2) is 4.98 Å². The molecule has 27 heavy (non-hydrogen) atoms. The van der Waals surface area contributed by atoms with Crippen molar-refractivity contribution in [3.05, 3.63) is 49.5 Å². The summed E-state index contributed by atoms with van der Waals surface area (Å²) < 4.78 is 1.44. The van der Waals surface area contributed by atoms with Crippen molar-refractivity contribution in [3.8, 4) is 0 Å². The second kappa shape index (κ2) is 6.87. The van der Waals surface area contributed by atoms with E-state index in [1.54, 1.807) is 22.7 Å². The summed E-state index contributed by atoms with van der Waals surface area (Å²) in [4.78, 5) is 33.3. The van der Waals surface area contributed by atoms with Gasteiger partial charge in [0.05, 0.1) is 17.8 Å². The number of nitrogens with one attached hydrogen (secondary N) is 1. The van der Waals surface area contributed by atoms with E-state index in [2.05, 4.69) is 31.1 Å². The van der Waals surface area contributed by atoms with Crippen molar-refractivity contribution in [2.75, 3.05) is 0 Å². The molecule has 142 valence electrons. The number of amides is 1. The van der Waals surface area contributed by atoms with E-state index in [4.69, 9.17) is 0 Å². The van der Waals surface area contributed by atoms with Gasteiger partial charge in [-0.1, -0.05) is 26.8 Å². The molecule has 3 heterocycles. The Kier molecular flexibility index (Phi) is 4.68. The van der Waals surface area contributed by atoms with Gasteiger partial charge in [-0.15, -0.1) is 22.7 Å². The lowest BCUT2D eigenvalue weighted by Crippen LogP contribution is -2.39. The summed E-state index contributed by atoms with van der Waals surface area (Å²) in [5, 5.41) is 5.85. The Morgan fingerprint density at radius 3 is 2.89 bits per heavy atom. The fourth-order valence-corrected chi connectivity index (χ4v) is 5.90. The molecule has 1 amide bonds. The quantitative estimate of drug-likeness (QED) is 0.721. The first kappa shape index (κ1) is 18.4. The largest absolute Gasteiger partial charge is 0.346 e. The molecule has 0 radical (unpaired) electrons. The molecule has 0 saturated heterocycles. The molecule has 0 unspecified atom stereocenters. The Bertz CT molecular complexity index is 1040. The van der Waals surface area contributed by atoms with Gasteiger partial charge in [0, 0.05) is 9.75 Å². The fourth-order valence-electron chi connectivity index (χ4n) is 3.66. The minimum absolute atomic E-state index is 0.00957. The lowest BCUT2D eigenvalue weighted by atomic mass is 9.85. The number of thiophene rings is 2.